The van der Waals surface area contributed by atoms with Crippen LogP contribution >= 0.6 is 23.6 Å². The number of carbonyl (C=O) groups excluding carboxylic acids is 3. The number of benzene rings is 2. The molecule has 4 rings (SSSR count). The Morgan fingerprint density at radius 1 is 1.08 bits per heavy atom. The first-order valence-corrected chi connectivity index (χ1v) is 12.4. The number of rotatable bonds is 9. The monoisotopic (exact) mass is 524 g/mol. The summed E-state index contributed by atoms with van der Waals surface area (Å²) >= 11 is 6.83. The van der Waals surface area contributed by atoms with Crippen LogP contribution in [-0.2, 0) is 9.59 Å². The second kappa shape index (κ2) is 11.2. The number of nitrogens with zero attached hydrogens (tertiary/aromatic N) is 2. The van der Waals surface area contributed by atoms with Crippen molar-refractivity contribution in [1.82, 2.24) is 10.4 Å². The van der Waals surface area contributed by atoms with Crippen molar-refractivity contribution in [1.29, 1.82) is 0 Å². The zero-order chi connectivity index (χ0) is 25.7. The van der Waals surface area contributed by atoms with Crippen LogP contribution < -0.4 is 25.1 Å². The van der Waals surface area contributed by atoms with Gasteiger partial charge in [0.25, 0.3) is 11.8 Å². The van der Waals surface area contributed by atoms with Crippen molar-refractivity contribution in [2.75, 3.05) is 23.9 Å². The van der Waals surface area contributed by atoms with Gasteiger partial charge in [-0.2, -0.15) is 0 Å². The highest BCUT2D eigenvalue weighted by molar-refractivity contribution is 7.80. The SMILES string of the molecule is CCOc1cccc(NC(=O)CC2C(=O)N(c3ccc(OC)cc3)C(=S)N2NC(=O)c2cccs2)c1. The van der Waals surface area contributed by atoms with Crippen LogP contribution in [0.5, 0.6) is 11.5 Å². The molecular weight excluding hydrogens is 500 g/mol. The standard InChI is InChI=1S/C25H24N4O5S2/c1-3-34-19-7-4-6-16(14-19)26-22(30)15-20-24(32)28(17-9-11-18(33-2)12-10-17)25(35)29(20)27-23(31)21-8-5-13-36-21/h4-14,20H,3,15H2,1-2H3,(H,26,30)(H,27,31). The Hall–Kier alpha value is -3.96. The molecule has 0 aliphatic carbocycles. The molecule has 3 aromatic rings. The highest BCUT2D eigenvalue weighted by atomic mass is 32.1. The van der Waals surface area contributed by atoms with Gasteiger partial charge in [-0.05, 0) is 67.0 Å². The molecule has 1 fully saturated rings. The van der Waals surface area contributed by atoms with Crippen LogP contribution in [0, 0.1) is 0 Å². The maximum Gasteiger partial charge on any atom is 0.279 e. The van der Waals surface area contributed by atoms with E-state index < -0.39 is 23.8 Å². The Kier molecular flexibility index (Phi) is 7.81. The molecule has 2 N–H and O–H groups in total. The van der Waals surface area contributed by atoms with Crippen LogP contribution in [0.2, 0.25) is 0 Å². The molecule has 1 atom stereocenters. The average molecular weight is 525 g/mol. The van der Waals surface area contributed by atoms with Gasteiger partial charge in [0.1, 0.15) is 17.5 Å². The van der Waals surface area contributed by atoms with E-state index in [-0.39, 0.29) is 11.5 Å². The van der Waals surface area contributed by atoms with Crippen molar-refractivity contribution in [3.63, 3.8) is 0 Å². The van der Waals surface area contributed by atoms with Gasteiger partial charge >= 0.3 is 0 Å². The lowest BCUT2D eigenvalue weighted by molar-refractivity contribution is -0.124. The summed E-state index contributed by atoms with van der Waals surface area (Å²) < 4.78 is 10.7. The molecule has 1 aliphatic rings. The van der Waals surface area contributed by atoms with E-state index in [0.29, 0.717) is 34.4 Å². The van der Waals surface area contributed by atoms with Gasteiger partial charge in [-0.15, -0.1) is 11.3 Å². The number of nitrogens with one attached hydrogen (secondary N) is 2. The fourth-order valence-corrected chi connectivity index (χ4v) is 4.64. The van der Waals surface area contributed by atoms with E-state index in [4.69, 9.17) is 21.7 Å². The van der Waals surface area contributed by atoms with Crippen LogP contribution in [0.4, 0.5) is 11.4 Å². The molecule has 0 spiro atoms. The zero-order valence-corrected chi connectivity index (χ0v) is 21.2. The minimum absolute atomic E-state index is 0.0613. The molecule has 1 unspecified atom stereocenters. The fraction of sp³-hybridized carbons (Fsp3) is 0.200. The van der Waals surface area contributed by atoms with Gasteiger partial charge in [0, 0.05) is 11.8 Å². The van der Waals surface area contributed by atoms with Crippen LogP contribution in [0.1, 0.15) is 23.0 Å². The van der Waals surface area contributed by atoms with Crippen LogP contribution in [0.3, 0.4) is 0 Å². The van der Waals surface area contributed by atoms with Crippen molar-refractivity contribution in [3.8, 4) is 11.5 Å². The van der Waals surface area contributed by atoms with E-state index in [2.05, 4.69) is 10.7 Å². The molecule has 0 radical (unpaired) electrons. The number of amides is 3. The lowest BCUT2D eigenvalue weighted by Gasteiger charge is -2.24. The topological polar surface area (TPSA) is 100 Å². The van der Waals surface area contributed by atoms with Crippen molar-refractivity contribution in [2.45, 2.75) is 19.4 Å². The molecule has 1 aliphatic heterocycles. The highest BCUT2D eigenvalue weighted by Gasteiger charge is 2.45. The third-order valence-corrected chi connectivity index (χ3v) is 6.57. The number of hydrogen-bond acceptors (Lipinski definition) is 7. The molecule has 36 heavy (non-hydrogen) atoms. The molecule has 1 saturated heterocycles. The van der Waals surface area contributed by atoms with Gasteiger partial charge in [0.15, 0.2) is 0 Å². The fourth-order valence-electron chi connectivity index (χ4n) is 3.66. The predicted molar refractivity (Wildman–Crippen MR) is 141 cm³/mol. The number of anilines is 2. The van der Waals surface area contributed by atoms with Crippen molar-refractivity contribution >= 4 is 57.8 Å². The van der Waals surface area contributed by atoms with Crippen molar-refractivity contribution in [2.24, 2.45) is 0 Å². The maximum absolute atomic E-state index is 13.5. The van der Waals surface area contributed by atoms with E-state index in [1.807, 2.05) is 6.92 Å². The maximum atomic E-state index is 13.5. The van der Waals surface area contributed by atoms with Gasteiger partial charge in [0.2, 0.25) is 11.0 Å². The first-order valence-electron chi connectivity index (χ1n) is 11.1. The normalized spacial score (nSPS) is 15.1. The smallest absolute Gasteiger partial charge is 0.279 e. The number of thiophene rings is 1. The van der Waals surface area contributed by atoms with E-state index in [1.165, 1.54) is 21.2 Å². The largest absolute Gasteiger partial charge is 0.497 e. The third kappa shape index (κ3) is 5.47. The summed E-state index contributed by atoms with van der Waals surface area (Å²) in [5.74, 6) is -0.0495. The molecule has 0 bridgehead atoms. The Bertz CT molecular complexity index is 1260. The minimum atomic E-state index is -1.04. The molecule has 0 saturated carbocycles. The van der Waals surface area contributed by atoms with Crippen LogP contribution in [-0.4, -0.2) is 47.6 Å². The molecule has 2 heterocycles. The summed E-state index contributed by atoms with van der Waals surface area (Å²) in [6.07, 6.45) is -0.241. The Balaban J connectivity index is 1.57. The number of hydrogen-bond donors (Lipinski definition) is 2. The summed E-state index contributed by atoms with van der Waals surface area (Å²) in [6, 6.07) is 16.1. The summed E-state index contributed by atoms with van der Waals surface area (Å²) in [7, 11) is 1.54. The van der Waals surface area contributed by atoms with E-state index >= 15 is 0 Å². The highest BCUT2D eigenvalue weighted by Crippen LogP contribution is 2.28. The number of ether oxygens (including phenoxy) is 2. The summed E-state index contributed by atoms with van der Waals surface area (Å²) in [5, 5.41) is 5.90. The molecule has 186 valence electrons. The van der Waals surface area contributed by atoms with E-state index in [1.54, 1.807) is 73.2 Å². The van der Waals surface area contributed by atoms with Gasteiger partial charge < -0.3 is 14.8 Å². The number of methoxy groups -OCH3 is 1. The van der Waals surface area contributed by atoms with Gasteiger partial charge in [-0.3, -0.25) is 24.7 Å². The predicted octanol–water partition coefficient (Wildman–Crippen LogP) is 3.83. The molecular formula is C25H24N4O5S2. The molecule has 3 amide bonds. The Morgan fingerprint density at radius 3 is 2.53 bits per heavy atom. The summed E-state index contributed by atoms with van der Waals surface area (Å²) in [4.78, 5) is 41.0. The van der Waals surface area contributed by atoms with Crippen molar-refractivity contribution in [3.05, 3.63) is 70.9 Å². The van der Waals surface area contributed by atoms with Gasteiger partial charge in [0.05, 0.1) is 30.7 Å². The van der Waals surface area contributed by atoms with E-state index in [9.17, 15) is 14.4 Å². The first kappa shape index (κ1) is 25.1. The minimum Gasteiger partial charge on any atom is -0.497 e. The zero-order valence-electron chi connectivity index (χ0n) is 19.6. The van der Waals surface area contributed by atoms with Crippen LogP contribution in [0.15, 0.2) is 66.0 Å². The number of thiocarbonyl (C=S) groups is 1. The van der Waals surface area contributed by atoms with Crippen molar-refractivity contribution < 1.29 is 23.9 Å². The summed E-state index contributed by atoms with van der Waals surface area (Å²) in [5.41, 5.74) is 3.73. The summed E-state index contributed by atoms with van der Waals surface area (Å²) in [6.45, 7) is 2.36. The number of carbonyl (C=O) groups is 3. The van der Waals surface area contributed by atoms with E-state index in [0.717, 1.165) is 0 Å². The van der Waals surface area contributed by atoms with Gasteiger partial charge in [-0.25, -0.2) is 5.01 Å². The van der Waals surface area contributed by atoms with Crippen LogP contribution in [0.25, 0.3) is 0 Å². The molecule has 2 aromatic carbocycles. The second-order valence-corrected chi connectivity index (χ2v) is 8.98. The molecule has 9 nitrogen and oxygen atoms in total. The Morgan fingerprint density at radius 2 is 1.86 bits per heavy atom. The number of hydrazine groups is 1. The first-order chi connectivity index (χ1) is 17.4. The average Bonchev–Trinajstić information content (AvgIpc) is 3.48. The second-order valence-electron chi connectivity index (χ2n) is 7.67. The molecule has 1 aromatic heterocycles. The quantitative estimate of drug-likeness (QED) is 0.411. The Labute approximate surface area is 217 Å². The lowest BCUT2D eigenvalue weighted by Crippen LogP contribution is -2.49. The lowest BCUT2D eigenvalue weighted by atomic mass is 10.1. The molecule has 11 heteroatoms. The third-order valence-electron chi connectivity index (χ3n) is 5.32. The van der Waals surface area contributed by atoms with Gasteiger partial charge in [-0.1, -0.05) is 12.1 Å².